The van der Waals surface area contributed by atoms with Crippen LogP contribution in [-0.2, 0) is 4.74 Å². The number of aryl methyl sites for hydroxylation is 1. The van der Waals surface area contributed by atoms with Gasteiger partial charge in [-0.2, -0.15) is 4.37 Å². The summed E-state index contributed by atoms with van der Waals surface area (Å²) in [5.74, 6) is 1.69. The molecule has 164 valence electrons. The zero-order valence-corrected chi connectivity index (χ0v) is 19.3. The SMILES string of the molecule is C/C=C\C=C(/C)N1CCN=C2/C(=C/c3ccc(-n4cnc(C)c4)c4sncc34)OCCN21. The summed E-state index contributed by atoms with van der Waals surface area (Å²) in [7, 11) is 0. The Bertz CT molecular complexity index is 1260. The molecule has 1 aromatic carbocycles. The number of ether oxygens (including phenoxy) is 1. The molecule has 0 aliphatic carbocycles. The molecule has 2 aliphatic heterocycles. The minimum Gasteiger partial charge on any atom is -0.488 e. The van der Waals surface area contributed by atoms with Crippen molar-refractivity contribution in [3.8, 4) is 5.69 Å². The van der Waals surface area contributed by atoms with Crippen molar-refractivity contribution in [2.75, 3.05) is 26.2 Å². The summed E-state index contributed by atoms with van der Waals surface area (Å²) >= 11 is 1.50. The molecule has 4 heterocycles. The molecule has 1 fully saturated rings. The summed E-state index contributed by atoms with van der Waals surface area (Å²) in [6.45, 7) is 9.17. The van der Waals surface area contributed by atoms with E-state index in [0.717, 1.165) is 58.3 Å². The molecule has 5 rings (SSSR count). The molecule has 3 aromatic rings. The summed E-state index contributed by atoms with van der Waals surface area (Å²) in [4.78, 5) is 9.18. The lowest BCUT2D eigenvalue weighted by atomic mass is 10.1. The second-order valence-electron chi connectivity index (χ2n) is 7.81. The Morgan fingerprint density at radius 3 is 2.97 bits per heavy atom. The van der Waals surface area contributed by atoms with Gasteiger partial charge in [0.25, 0.3) is 0 Å². The molecule has 0 unspecified atom stereocenters. The molecule has 0 N–H and O–H groups in total. The Labute approximate surface area is 191 Å². The van der Waals surface area contributed by atoms with Crippen molar-refractivity contribution >= 4 is 33.5 Å². The maximum Gasteiger partial charge on any atom is 0.185 e. The van der Waals surface area contributed by atoms with Crippen molar-refractivity contribution in [1.29, 1.82) is 0 Å². The van der Waals surface area contributed by atoms with Crippen LogP contribution >= 0.6 is 11.5 Å². The second kappa shape index (κ2) is 8.63. The van der Waals surface area contributed by atoms with Gasteiger partial charge in [-0.1, -0.05) is 18.2 Å². The lowest BCUT2D eigenvalue weighted by Gasteiger charge is -2.44. The molecule has 2 aromatic heterocycles. The predicted molar refractivity (Wildman–Crippen MR) is 130 cm³/mol. The summed E-state index contributed by atoms with van der Waals surface area (Å²) in [5, 5.41) is 5.63. The molecule has 0 bridgehead atoms. The molecule has 0 spiro atoms. The molecular weight excluding hydrogens is 420 g/mol. The number of imidazole rings is 1. The van der Waals surface area contributed by atoms with Gasteiger partial charge in [0, 0.05) is 23.5 Å². The topological polar surface area (TPSA) is 58.8 Å². The third-order valence-corrected chi connectivity index (χ3v) is 6.46. The van der Waals surface area contributed by atoms with E-state index < -0.39 is 0 Å². The molecule has 8 heteroatoms. The van der Waals surface area contributed by atoms with Crippen molar-refractivity contribution in [2.24, 2.45) is 4.99 Å². The van der Waals surface area contributed by atoms with E-state index in [2.05, 4.69) is 61.2 Å². The van der Waals surface area contributed by atoms with Crippen LogP contribution in [0, 0.1) is 6.92 Å². The van der Waals surface area contributed by atoms with Gasteiger partial charge in [-0.3, -0.25) is 15.0 Å². The van der Waals surface area contributed by atoms with Gasteiger partial charge in [0.05, 0.1) is 42.0 Å². The highest BCUT2D eigenvalue weighted by Gasteiger charge is 2.30. The number of fused-ring (bicyclic) bond motifs is 2. The van der Waals surface area contributed by atoms with Crippen LogP contribution in [0.15, 0.2) is 65.5 Å². The zero-order valence-electron chi connectivity index (χ0n) is 18.5. The molecule has 0 amide bonds. The number of hydrogen-bond acceptors (Lipinski definition) is 7. The highest BCUT2D eigenvalue weighted by atomic mass is 32.1. The van der Waals surface area contributed by atoms with Crippen molar-refractivity contribution in [1.82, 2.24) is 23.9 Å². The normalized spacial score (nSPS) is 18.4. The van der Waals surface area contributed by atoms with E-state index in [1.807, 2.05) is 38.6 Å². The number of aliphatic imine (C=N–C) groups is 1. The number of aromatic nitrogens is 3. The minimum atomic E-state index is 0.621. The number of rotatable bonds is 4. The summed E-state index contributed by atoms with van der Waals surface area (Å²) in [6, 6.07) is 4.24. The van der Waals surface area contributed by atoms with Gasteiger partial charge in [0.15, 0.2) is 11.6 Å². The van der Waals surface area contributed by atoms with E-state index in [9.17, 15) is 0 Å². The van der Waals surface area contributed by atoms with Crippen LogP contribution in [0.3, 0.4) is 0 Å². The molecule has 7 nitrogen and oxygen atoms in total. The number of hydrogen-bond donors (Lipinski definition) is 0. The van der Waals surface area contributed by atoms with E-state index in [1.165, 1.54) is 17.2 Å². The van der Waals surface area contributed by atoms with Crippen LogP contribution in [0.1, 0.15) is 25.1 Å². The van der Waals surface area contributed by atoms with Crippen LogP contribution < -0.4 is 0 Å². The third-order valence-electron chi connectivity index (χ3n) is 5.64. The van der Waals surface area contributed by atoms with Gasteiger partial charge in [0.1, 0.15) is 6.61 Å². The van der Waals surface area contributed by atoms with Crippen LogP contribution in [0.25, 0.3) is 21.8 Å². The molecule has 1 saturated heterocycles. The Balaban J connectivity index is 1.51. The summed E-state index contributed by atoms with van der Waals surface area (Å²) in [6.07, 6.45) is 14.2. The zero-order chi connectivity index (χ0) is 22.1. The predicted octanol–water partition coefficient (Wildman–Crippen LogP) is 4.57. The van der Waals surface area contributed by atoms with Crippen LogP contribution in [0.4, 0.5) is 0 Å². The summed E-state index contributed by atoms with van der Waals surface area (Å²) in [5.41, 5.74) is 4.35. The number of hydrazine groups is 1. The Hall–Kier alpha value is -3.39. The first-order valence-corrected chi connectivity index (χ1v) is 11.6. The van der Waals surface area contributed by atoms with Crippen LogP contribution in [0.5, 0.6) is 0 Å². The maximum absolute atomic E-state index is 6.10. The monoisotopic (exact) mass is 446 g/mol. The number of amidine groups is 1. The molecule has 0 radical (unpaired) electrons. The van der Waals surface area contributed by atoms with Crippen LogP contribution in [-0.4, -0.2) is 56.0 Å². The average Bonchev–Trinajstić information content (AvgIpc) is 3.47. The van der Waals surface area contributed by atoms with E-state index in [0.29, 0.717) is 6.61 Å². The number of allylic oxidation sites excluding steroid dienone is 4. The van der Waals surface area contributed by atoms with Gasteiger partial charge >= 0.3 is 0 Å². The molecule has 32 heavy (non-hydrogen) atoms. The first-order valence-electron chi connectivity index (χ1n) is 10.8. The van der Waals surface area contributed by atoms with E-state index in [-0.39, 0.29) is 0 Å². The van der Waals surface area contributed by atoms with Crippen molar-refractivity contribution in [2.45, 2.75) is 20.8 Å². The number of nitrogens with zero attached hydrogens (tertiary/aromatic N) is 6. The number of benzene rings is 1. The van der Waals surface area contributed by atoms with Crippen molar-refractivity contribution in [3.63, 3.8) is 0 Å². The molecule has 0 atom stereocenters. The minimum absolute atomic E-state index is 0.621. The Morgan fingerprint density at radius 1 is 1.25 bits per heavy atom. The molecule has 0 saturated carbocycles. The van der Waals surface area contributed by atoms with Gasteiger partial charge in [0.2, 0.25) is 0 Å². The quantitative estimate of drug-likeness (QED) is 0.550. The second-order valence-corrected chi connectivity index (χ2v) is 8.61. The molecular formula is C24H26N6OS. The maximum atomic E-state index is 6.10. The largest absolute Gasteiger partial charge is 0.488 e. The third kappa shape index (κ3) is 3.71. The first-order chi connectivity index (χ1) is 15.7. The van der Waals surface area contributed by atoms with Gasteiger partial charge in [-0.25, -0.2) is 4.98 Å². The van der Waals surface area contributed by atoms with Gasteiger partial charge < -0.3 is 9.30 Å². The van der Waals surface area contributed by atoms with Crippen LogP contribution in [0.2, 0.25) is 0 Å². The number of morpholine rings is 1. The lowest BCUT2D eigenvalue weighted by Crippen LogP contribution is -2.54. The first kappa shape index (κ1) is 20.5. The molecule has 2 aliphatic rings. The average molecular weight is 447 g/mol. The van der Waals surface area contributed by atoms with Crippen molar-refractivity contribution in [3.05, 3.63) is 71.8 Å². The highest BCUT2D eigenvalue weighted by molar-refractivity contribution is 7.13. The van der Waals surface area contributed by atoms with E-state index in [4.69, 9.17) is 9.73 Å². The summed E-state index contributed by atoms with van der Waals surface area (Å²) < 4.78 is 13.7. The fraction of sp³-hybridized carbons (Fsp3) is 0.292. The fourth-order valence-electron chi connectivity index (χ4n) is 4.09. The smallest absolute Gasteiger partial charge is 0.185 e. The lowest BCUT2D eigenvalue weighted by molar-refractivity contribution is 0.0304. The van der Waals surface area contributed by atoms with E-state index >= 15 is 0 Å². The van der Waals surface area contributed by atoms with E-state index in [1.54, 1.807) is 0 Å². The standard InChI is InChI=1S/C24H26N6OS/c1-4-5-6-18(3)29-10-9-25-24-22(31-12-11-30(24)29)13-19-7-8-21(23-20(19)14-27-32-23)28-15-17(2)26-16-28/h4-8,13-16H,9-12H2,1-3H3/b5-4-,18-6+,22-13-. The van der Waals surface area contributed by atoms with Crippen molar-refractivity contribution < 1.29 is 4.74 Å². The fourth-order valence-corrected chi connectivity index (χ4v) is 4.89. The Morgan fingerprint density at radius 2 is 2.16 bits per heavy atom. The van der Waals surface area contributed by atoms with Gasteiger partial charge in [-0.15, -0.1) is 0 Å². The highest BCUT2D eigenvalue weighted by Crippen LogP contribution is 2.31. The Kier molecular flexibility index (Phi) is 5.53. The van der Waals surface area contributed by atoms with Gasteiger partial charge in [-0.05, 0) is 56.1 Å².